The minimum absolute atomic E-state index is 0.378. The smallest absolute Gasteiger partial charge is 0.176 e. The molecular weight excluding hydrogens is 681 g/mol. The Bertz CT molecular complexity index is 2960. The number of hydrogen-bond acceptors (Lipinski definition) is 3. The van der Waals surface area contributed by atoms with Gasteiger partial charge in [-0.3, -0.25) is 4.99 Å². The highest BCUT2D eigenvalue weighted by Gasteiger charge is 2.51. The molecule has 0 saturated heterocycles. The fourth-order valence-corrected chi connectivity index (χ4v) is 9.37. The van der Waals surface area contributed by atoms with E-state index in [-0.39, 0.29) is 5.41 Å². The van der Waals surface area contributed by atoms with Gasteiger partial charge in [-0.05, 0) is 90.5 Å². The van der Waals surface area contributed by atoms with E-state index >= 15 is 0 Å². The lowest BCUT2D eigenvalue weighted by atomic mass is 9.70. The zero-order chi connectivity index (χ0) is 37.2. The maximum Gasteiger partial charge on any atom is 0.176 e. The van der Waals surface area contributed by atoms with Gasteiger partial charge in [0.2, 0.25) is 0 Å². The van der Waals surface area contributed by atoms with Crippen LogP contribution in [0.2, 0.25) is 0 Å². The van der Waals surface area contributed by atoms with E-state index in [0.29, 0.717) is 18.0 Å². The van der Waals surface area contributed by atoms with Crippen molar-refractivity contribution < 1.29 is 4.42 Å². The van der Waals surface area contributed by atoms with Crippen molar-refractivity contribution in [3.63, 3.8) is 0 Å². The van der Waals surface area contributed by atoms with Crippen LogP contribution in [0.1, 0.15) is 39.1 Å². The van der Waals surface area contributed by atoms with Gasteiger partial charge in [0, 0.05) is 10.9 Å². The molecule has 8 aromatic carbocycles. The van der Waals surface area contributed by atoms with Crippen molar-refractivity contribution in [1.29, 1.82) is 0 Å². The monoisotopic (exact) mass is 716 g/mol. The summed E-state index contributed by atoms with van der Waals surface area (Å²) in [5.41, 5.74) is 25.9. The molecule has 9 aromatic rings. The van der Waals surface area contributed by atoms with Crippen LogP contribution in [0.3, 0.4) is 0 Å². The molecular formula is C53H36N2O. The van der Waals surface area contributed by atoms with Crippen molar-refractivity contribution in [2.24, 2.45) is 4.99 Å². The van der Waals surface area contributed by atoms with E-state index in [1.807, 2.05) is 42.5 Å². The van der Waals surface area contributed by atoms with Gasteiger partial charge in [-0.2, -0.15) is 0 Å². The van der Waals surface area contributed by atoms with Gasteiger partial charge in [0.05, 0.1) is 17.6 Å². The molecule has 3 nitrogen and oxygen atoms in total. The Morgan fingerprint density at radius 2 is 1.04 bits per heavy atom. The molecule has 0 atom stereocenters. The number of fused-ring (bicyclic) bond motifs is 11. The van der Waals surface area contributed by atoms with Gasteiger partial charge < -0.3 is 10.2 Å². The average Bonchev–Trinajstić information content (AvgIpc) is 3.87. The largest absolute Gasteiger partial charge is 0.452 e. The molecule has 11 rings (SSSR count). The molecule has 56 heavy (non-hydrogen) atoms. The van der Waals surface area contributed by atoms with Gasteiger partial charge in [0.15, 0.2) is 5.76 Å². The van der Waals surface area contributed by atoms with Gasteiger partial charge in [-0.1, -0.05) is 176 Å². The third-order valence-corrected chi connectivity index (χ3v) is 11.8. The van der Waals surface area contributed by atoms with Gasteiger partial charge >= 0.3 is 0 Å². The summed E-state index contributed by atoms with van der Waals surface area (Å²) in [5, 5.41) is 0.876. The van der Waals surface area contributed by atoms with E-state index in [4.69, 9.17) is 15.1 Å². The molecule has 0 bridgehead atoms. The van der Waals surface area contributed by atoms with Crippen LogP contribution >= 0.6 is 0 Å². The molecule has 0 aliphatic heterocycles. The molecule has 0 saturated carbocycles. The number of aliphatic imine (C=N–C) groups is 1. The Kier molecular flexibility index (Phi) is 7.30. The van der Waals surface area contributed by atoms with E-state index in [2.05, 4.69) is 152 Å². The summed E-state index contributed by atoms with van der Waals surface area (Å²) >= 11 is 0. The topological polar surface area (TPSA) is 51.5 Å². The summed E-state index contributed by atoms with van der Waals surface area (Å²) in [7, 11) is 0. The molecule has 1 aromatic heterocycles. The first-order chi connectivity index (χ1) is 27.7. The first kappa shape index (κ1) is 32.2. The minimum Gasteiger partial charge on any atom is -0.452 e. The normalized spacial score (nSPS) is 13.4. The average molecular weight is 717 g/mol. The number of furan rings is 1. The predicted octanol–water partition coefficient (Wildman–Crippen LogP) is 12.7. The standard InChI is InChI=1S/C53H36N2O/c54-50-43-32-37(29-30-48(43)56-52(50)51(35-17-5-2-6-18-35)55-33-34-15-3-1-4-16-34)36-19-13-20-38(31-36)39-24-14-28-47-49(39)42-23-9-12-27-46(42)53(47)44-25-10-7-21-40(44)41-22-8-11-26-45(41)53/h1-32H,33,54H2. The summed E-state index contributed by atoms with van der Waals surface area (Å²) in [5.74, 6) is 0.593. The number of anilines is 1. The van der Waals surface area contributed by atoms with Crippen LogP contribution in [0.25, 0.3) is 55.5 Å². The molecule has 1 spiro atoms. The molecule has 0 unspecified atom stereocenters. The lowest BCUT2D eigenvalue weighted by Gasteiger charge is -2.30. The molecule has 0 amide bonds. The minimum atomic E-state index is -0.378. The van der Waals surface area contributed by atoms with E-state index in [0.717, 1.165) is 38.9 Å². The number of nitrogen functional groups attached to an aromatic ring is 1. The van der Waals surface area contributed by atoms with Crippen LogP contribution in [0.15, 0.2) is 204 Å². The summed E-state index contributed by atoms with van der Waals surface area (Å²) in [6.07, 6.45) is 0. The molecule has 0 fully saturated rings. The SMILES string of the molecule is Nc1c(C(=NCc2ccccc2)c2ccccc2)oc2ccc(-c3cccc(-c4cccc5c4-c4ccccc4C54c5ccccc5-c5ccccc54)c3)cc12. The Balaban J connectivity index is 1.03. The molecule has 1 heterocycles. The number of rotatable bonds is 6. The first-order valence-electron chi connectivity index (χ1n) is 19.2. The lowest BCUT2D eigenvalue weighted by Crippen LogP contribution is -2.25. The zero-order valence-electron chi connectivity index (χ0n) is 30.6. The number of benzene rings is 8. The quantitative estimate of drug-likeness (QED) is 0.174. The summed E-state index contributed by atoms with van der Waals surface area (Å²) in [6.45, 7) is 0.521. The van der Waals surface area contributed by atoms with Gasteiger partial charge in [-0.15, -0.1) is 0 Å². The Morgan fingerprint density at radius 3 is 1.77 bits per heavy atom. The van der Waals surface area contributed by atoms with E-state index in [1.165, 1.54) is 55.6 Å². The van der Waals surface area contributed by atoms with E-state index in [1.54, 1.807) is 0 Å². The van der Waals surface area contributed by atoms with Crippen LogP contribution in [0.4, 0.5) is 5.69 Å². The molecule has 2 aliphatic carbocycles. The maximum atomic E-state index is 6.97. The number of hydrogen-bond donors (Lipinski definition) is 1. The fourth-order valence-electron chi connectivity index (χ4n) is 9.37. The highest BCUT2D eigenvalue weighted by Crippen LogP contribution is 2.63. The second kappa shape index (κ2) is 12.7. The van der Waals surface area contributed by atoms with Crippen molar-refractivity contribution in [3.05, 3.63) is 233 Å². The zero-order valence-corrected chi connectivity index (χ0v) is 30.6. The van der Waals surface area contributed by atoms with Crippen molar-refractivity contribution in [2.45, 2.75) is 12.0 Å². The Labute approximate surface area is 326 Å². The molecule has 264 valence electrons. The van der Waals surface area contributed by atoms with Crippen LogP contribution in [-0.2, 0) is 12.0 Å². The molecule has 3 heteroatoms. The van der Waals surface area contributed by atoms with Gasteiger partial charge in [0.1, 0.15) is 11.3 Å². The van der Waals surface area contributed by atoms with E-state index < -0.39 is 0 Å². The first-order valence-corrected chi connectivity index (χ1v) is 19.2. The number of nitrogens with zero attached hydrogens (tertiary/aromatic N) is 1. The molecule has 0 radical (unpaired) electrons. The molecule has 2 N–H and O–H groups in total. The molecule has 2 aliphatic rings. The van der Waals surface area contributed by atoms with Crippen molar-refractivity contribution in [1.82, 2.24) is 0 Å². The lowest BCUT2D eigenvalue weighted by molar-refractivity contribution is 0.606. The van der Waals surface area contributed by atoms with E-state index in [9.17, 15) is 0 Å². The second-order valence-electron chi connectivity index (χ2n) is 14.8. The second-order valence-corrected chi connectivity index (χ2v) is 14.8. The Hall–Kier alpha value is -7.23. The third kappa shape index (κ3) is 4.74. The highest BCUT2D eigenvalue weighted by molar-refractivity contribution is 6.17. The summed E-state index contributed by atoms with van der Waals surface area (Å²) in [4.78, 5) is 5.06. The fraction of sp³-hybridized carbons (Fsp3) is 0.0377. The van der Waals surface area contributed by atoms with Crippen LogP contribution in [0, 0.1) is 0 Å². The maximum absolute atomic E-state index is 6.97. The van der Waals surface area contributed by atoms with Crippen molar-refractivity contribution in [3.8, 4) is 44.5 Å². The Morgan fingerprint density at radius 1 is 0.482 bits per heavy atom. The predicted molar refractivity (Wildman–Crippen MR) is 230 cm³/mol. The van der Waals surface area contributed by atoms with Crippen molar-refractivity contribution >= 4 is 22.4 Å². The summed E-state index contributed by atoms with van der Waals surface area (Å²) in [6, 6.07) is 69.4. The summed E-state index contributed by atoms with van der Waals surface area (Å²) < 4.78 is 6.51. The van der Waals surface area contributed by atoms with Crippen LogP contribution in [0.5, 0.6) is 0 Å². The third-order valence-electron chi connectivity index (χ3n) is 11.8. The van der Waals surface area contributed by atoms with Gasteiger partial charge in [0.25, 0.3) is 0 Å². The highest BCUT2D eigenvalue weighted by atomic mass is 16.3. The van der Waals surface area contributed by atoms with Crippen LogP contribution < -0.4 is 5.73 Å². The van der Waals surface area contributed by atoms with Crippen LogP contribution in [-0.4, -0.2) is 5.71 Å². The number of nitrogens with two attached hydrogens (primary N) is 1. The van der Waals surface area contributed by atoms with Gasteiger partial charge in [-0.25, -0.2) is 0 Å². The van der Waals surface area contributed by atoms with Crippen molar-refractivity contribution in [2.75, 3.05) is 5.73 Å².